The molecular formula is C52H63N3O8. The number of hydrogen-bond donors (Lipinski definition) is 3. The Morgan fingerprint density at radius 1 is 0.683 bits per heavy atom. The molecule has 0 spiro atoms. The summed E-state index contributed by atoms with van der Waals surface area (Å²) < 4.78 is 28.1. The van der Waals surface area contributed by atoms with Crippen LogP contribution >= 0.6 is 0 Å². The Balaban J connectivity index is 1.36. The fourth-order valence-corrected chi connectivity index (χ4v) is 7.64. The molecule has 0 aliphatic heterocycles. The highest BCUT2D eigenvalue weighted by Gasteiger charge is 2.29. The van der Waals surface area contributed by atoms with Crippen LogP contribution in [-0.2, 0) is 33.6 Å². The molecule has 0 aliphatic carbocycles. The average molecular weight is 858 g/mol. The monoisotopic (exact) mass is 857 g/mol. The first-order chi connectivity index (χ1) is 30.5. The number of Topliss-reactive ketones (excluding diaryl/α,β-unsaturated/α-hetero) is 1. The molecule has 0 aliphatic rings. The lowest BCUT2D eigenvalue weighted by atomic mass is 9.84. The summed E-state index contributed by atoms with van der Waals surface area (Å²) in [5.74, 6) is 1.64. The van der Waals surface area contributed by atoms with Crippen molar-refractivity contribution in [2.45, 2.75) is 89.6 Å². The molecule has 11 nitrogen and oxygen atoms in total. The van der Waals surface area contributed by atoms with Crippen LogP contribution in [0.4, 0.5) is 0 Å². The molecule has 5 rings (SSSR count). The fourth-order valence-electron chi connectivity index (χ4n) is 7.64. The maximum atomic E-state index is 14.7. The van der Waals surface area contributed by atoms with Crippen molar-refractivity contribution in [3.8, 4) is 39.9 Å². The third-order valence-electron chi connectivity index (χ3n) is 11.2. The number of aryl methyl sites for hydroxylation is 2. The summed E-state index contributed by atoms with van der Waals surface area (Å²) >= 11 is 0. The van der Waals surface area contributed by atoms with Crippen LogP contribution in [0.5, 0.6) is 28.7 Å². The van der Waals surface area contributed by atoms with Gasteiger partial charge in [0.1, 0.15) is 28.7 Å². The molecule has 11 heteroatoms. The molecule has 5 aromatic rings. The number of hydrogen-bond acceptors (Lipinski definition) is 9. The summed E-state index contributed by atoms with van der Waals surface area (Å²) in [6.45, 7) is 4.71. The van der Waals surface area contributed by atoms with E-state index in [1.165, 1.54) is 5.56 Å². The van der Waals surface area contributed by atoms with Crippen LogP contribution < -0.4 is 40.5 Å². The number of carbonyl (C=O) groups excluding carboxylic acids is 3. The van der Waals surface area contributed by atoms with Crippen molar-refractivity contribution in [2.75, 3.05) is 34.5 Å². The number of methoxy groups -OCH3 is 3. The van der Waals surface area contributed by atoms with Gasteiger partial charge in [0, 0.05) is 24.0 Å². The van der Waals surface area contributed by atoms with Crippen molar-refractivity contribution in [1.29, 1.82) is 0 Å². The van der Waals surface area contributed by atoms with Crippen molar-refractivity contribution in [1.82, 2.24) is 5.32 Å². The van der Waals surface area contributed by atoms with E-state index in [0.717, 1.165) is 70.6 Å². The van der Waals surface area contributed by atoms with E-state index in [2.05, 4.69) is 31.3 Å². The molecule has 3 atom stereocenters. The van der Waals surface area contributed by atoms with Crippen LogP contribution in [0.2, 0.25) is 0 Å². The van der Waals surface area contributed by atoms with Gasteiger partial charge in [-0.3, -0.25) is 14.4 Å². The third kappa shape index (κ3) is 14.1. The summed E-state index contributed by atoms with van der Waals surface area (Å²) in [6, 6.07) is 33.1. The Morgan fingerprint density at radius 2 is 1.32 bits per heavy atom. The minimum absolute atomic E-state index is 0.0427. The number of carbonyl (C=O) groups is 3. The summed E-state index contributed by atoms with van der Waals surface area (Å²) in [4.78, 5) is 40.0. The fraction of sp³-hybridized carbons (Fsp3) is 0.365. The van der Waals surface area contributed by atoms with Crippen molar-refractivity contribution >= 4 is 17.6 Å². The lowest BCUT2D eigenvalue weighted by Gasteiger charge is -2.25. The Kier molecular flexibility index (Phi) is 18.4. The zero-order valence-corrected chi connectivity index (χ0v) is 37.3. The SMILES string of the molecule is CCCCCOc1ccc(CCC[C@H](NC(=O)[C@@H](N)Cc2ccc(-c3ccc(OC)cc3CC)cc2)C(=O)CC(c2ccc(OCC(N)=O)cc2)c2ccc(OC)cc2OC)cc1. The molecule has 0 heterocycles. The van der Waals surface area contributed by atoms with Crippen LogP contribution in [0.25, 0.3) is 11.1 Å². The molecule has 0 saturated heterocycles. The number of unbranched alkanes of at least 4 members (excludes halogenated alkanes) is 2. The lowest BCUT2D eigenvalue weighted by Crippen LogP contribution is -2.49. The van der Waals surface area contributed by atoms with E-state index in [1.54, 1.807) is 39.5 Å². The first kappa shape index (κ1) is 47.7. The highest BCUT2D eigenvalue weighted by molar-refractivity contribution is 5.91. The quantitative estimate of drug-likeness (QED) is 0.0463. The standard InChI is InChI=1S/C52H63N3O8/c1-6-8-9-29-62-40-21-15-35(16-22-40)11-10-12-48(55-52(58)47(53)30-36-13-17-38(18-14-36)44-27-25-42(59-3)31-37(44)7-2)49(56)33-46(45-28-26-43(60-4)32-50(45)61-5)39-19-23-41(24-20-39)63-34-51(54)57/h13-28,31-32,46-48H,6-12,29-30,33-34,53H2,1-5H3,(H2,54,57)(H,55,58)/t46?,47-,48-/m0/s1. The molecule has 1 unspecified atom stereocenters. The predicted octanol–water partition coefficient (Wildman–Crippen LogP) is 8.54. The molecule has 0 radical (unpaired) electrons. The molecule has 0 fully saturated rings. The number of rotatable bonds is 26. The number of benzene rings is 5. The molecule has 0 aromatic heterocycles. The largest absolute Gasteiger partial charge is 0.497 e. The molecular weight excluding hydrogens is 795 g/mol. The van der Waals surface area contributed by atoms with Gasteiger partial charge in [0.15, 0.2) is 12.4 Å². The summed E-state index contributed by atoms with van der Waals surface area (Å²) in [5, 5.41) is 3.06. The van der Waals surface area contributed by atoms with E-state index in [4.69, 9.17) is 35.2 Å². The Labute approximate surface area is 372 Å². The van der Waals surface area contributed by atoms with Crippen molar-refractivity contribution in [3.05, 3.63) is 137 Å². The zero-order valence-electron chi connectivity index (χ0n) is 37.3. The number of nitrogens with two attached hydrogens (primary N) is 2. The molecule has 2 amide bonds. The highest BCUT2D eigenvalue weighted by Crippen LogP contribution is 2.38. The minimum Gasteiger partial charge on any atom is -0.497 e. The van der Waals surface area contributed by atoms with E-state index in [0.29, 0.717) is 49.5 Å². The first-order valence-electron chi connectivity index (χ1n) is 21.8. The maximum absolute atomic E-state index is 14.7. The molecule has 63 heavy (non-hydrogen) atoms. The topological polar surface area (TPSA) is 161 Å². The van der Waals surface area contributed by atoms with Crippen molar-refractivity contribution in [2.24, 2.45) is 11.5 Å². The van der Waals surface area contributed by atoms with Gasteiger partial charge in [-0.2, -0.15) is 0 Å². The van der Waals surface area contributed by atoms with Crippen LogP contribution in [0.3, 0.4) is 0 Å². The number of nitrogens with one attached hydrogen (secondary N) is 1. The van der Waals surface area contributed by atoms with Gasteiger partial charge in [-0.05, 0) is 114 Å². The normalized spacial score (nSPS) is 12.4. The van der Waals surface area contributed by atoms with Crippen LogP contribution in [0, 0.1) is 0 Å². The zero-order chi connectivity index (χ0) is 45.1. The van der Waals surface area contributed by atoms with E-state index >= 15 is 0 Å². The summed E-state index contributed by atoms with van der Waals surface area (Å²) in [7, 11) is 4.81. The van der Waals surface area contributed by atoms with E-state index in [9.17, 15) is 14.4 Å². The number of ketones is 1. The van der Waals surface area contributed by atoms with Gasteiger partial charge < -0.3 is 40.5 Å². The van der Waals surface area contributed by atoms with Crippen molar-refractivity contribution < 1.29 is 38.1 Å². The second-order valence-electron chi connectivity index (χ2n) is 15.7. The first-order valence-corrected chi connectivity index (χ1v) is 21.8. The van der Waals surface area contributed by atoms with Gasteiger partial charge in [0.25, 0.3) is 5.91 Å². The predicted molar refractivity (Wildman–Crippen MR) is 248 cm³/mol. The second-order valence-corrected chi connectivity index (χ2v) is 15.7. The Morgan fingerprint density at radius 3 is 1.97 bits per heavy atom. The molecule has 5 N–H and O–H groups in total. The molecule has 5 aromatic carbocycles. The van der Waals surface area contributed by atoms with Gasteiger partial charge >= 0.3 is 0 Å². The second kappa shape index (κ2) is 24.3. The average Bonchev–Trinajstić information content (AvgIpc) is 3.31. The number of amides is 2. The molecule has 0 bridgehead atoms. The lowest BCUT2D eigenvalue weighted by molar-refractivity contribution is -0.128. The van der Waals surface area contributed by atoms with Gasteiger partial charge in [-0.25, -0.2) is 0 Å². The van der Waals surface area contributed by atoms with E-state index < -0.39 is 29.8 Å². The smallest absolute Gasteiger partial charge is 0.255 e. The third-order valence-corrected chi connectivity index (χ3v) is 11.2. The van der Waals surface area contributed by atoms with Gasteiger partial charge in [0.2, 0.25) is 5.91 Å². The Hall–Kier alpha value is -6.33. The van der Waals surface area contributed by atoms with Crippen molar-refractivity contribution in [3.63, 3.8) is 0 Å². The molecule has 334 valence electrons. The van der Waals surface area contributed by atoms with Crippen LogP contribution in [0.1, 0.15) is 86.1 Å². The highest BCUT2D eigenvalue weighted by atomic mass is 16.5. The number of primary amides is 1. The van der Waals surface area contributed by atoms with E-state index in [-0.39, 0.29) is 18.8 Å². The molecule has 0 saturated carbocycles. The summed E-state index contributed by atoms with van der Waals surface area (Å²) in [5.41, 5.74) is 18.8. The van der Waals surface area contributed by atoms with Gasteiger partial charge in [-0.1, -0.05) is 87.4 Å². The van der Waals surface area contributed by atoms with E-state index in [1.807, 2.05) is 78.9 Å². The summed E-state index contributed by atoms with van der Waals surface area (Å²) in [6.07, 6.45) is 6.20. The van der Waals surface area contributed by atoms with Crippen LogP contribution in [0.15, 0.2) is 109 Å². The maximum Gasteiger partial charge on any atom is 0.255 e. The number of ether oxygens (including phenoxy) is 5. The Bertz CT molecular complexity index is 2220. The van der Waals surface area contributed by atoms with Gasteiger partial charge in [0.05, 0.1) is 40.0 Å². The van der Waals surface area contributed by atoms with Gasteiger partial charge in [-0.15, -0.1) is 0 Å². The van der Waals surface area contributed by atoms with Crippen LogP contribution in [-0.4, -0.2) is 64.2 Å². The minimum atomic E-state index is -0.895.